The minimum atomic E-state index is -1.41. The fraction of sp³-hybridized carbons (Fsp3) is 0.867. The van der Waals surface area contributed by atoms with Gasteiger partial charge in [0.05, 0.1) is 6.04 Å². The van der Waals surface area contributed by atoms with E-state index in [4.69, 9.17) is 32.4 Å². The summed E-state index contributed by atoms with van der Waals surface area (Å²) >= 11 is 0. The van der Waals surface area contributed by atoms with Crippen molar-refractivity contribution in [3.63, 3.8) is 0 Å². The number of rotatable bonds is 15. The lowest BCUT2D eigenvalue weighted by atomic mass is 9.81. The van der Waals surface area contributed by atoms with E-state index in [1.165, 1.54) is 4.90 Å². The minimum absolute atomic E-state index is 0.0989. The number of nitrogens with two attached hydrogens (primary N) is 3. The van der Waals surface area contributed by atoms with Gasteiger partial charge in [-0.1, -0.05) is 12.8 Å². The van der Waals surface area contributed by atoms with E-state index in [9.17, 15) is 9.59 Å². The first-order valence-corrected chi connectivity index (χ1v) is 8.84. The van der Waals surface area contributed by atoms with Gasteiger partial charge in [0.15, 0.2) is 0 Å². The summed E-state index contributed by atoms with van der Waals surface area (Å²) in [4.78, 5) is 25.1. The summed E-state index contributed by atoms with van der Waals surface area (Å²) < 4.78 is 0. The second kappa shape index (κ2) is 14.0. The van der Waals surface area contributed by atoms with Gasteiger partial charge in [0.2, 0.25) is 5.91 Å². The van der Waals surface area contributed by atoms with E-state index in [1.54, 1.807) is 0 Å². The fourth-order valence-corrected chi connectivity index (χ4v) is 2.72. The maximum absolute atomic E-state index is 12.5. The van der Waals surface area contributed by atoms with Gasteiger partial charge in [0.25, 0.3) is 0 Å². The molecule has 0 spiro atoms. The van der Waals surface area contributed by atoms with Crippen LogP contribution in [0.5, 0.6) is 0 Å². The third-order valence-corrected chi connectivity index (χ3v) is 4.01. The molecule has 0 saturated heterocycles. The average Bonchev–Trinajstić information content (AvgIpc) is 2.52. The third kappa shape index (κ3) is 11.9. The van der Waals surface area contributed by atoms with Gasteiger partial charge in [-0.05, 0) is 38.0 Å². The van der Waals surface area contributed by atoms with Gasteiger partial charge in [-0.15, -0.1) is 0 Å². The van der Waals surface area contributed by atoms with Crippen molar-refractivity contribution < 1.29 is 24.7 Å². The molecule has 0 saturated carbocycles. The molecule has 0 rings (SSSR count). The summed E-state index contributed by atoms with van der Waals surface area (Å²) in [7, 11) is -1.41. The van der Waals surface area contributed by atoms with Crippen LogP contribution in [0.4, 0.5) is 0 Å². The molecular formula is C15H33BN4O5. The summed E-state index contributed by atoms with van der Waals surface area (Å²) in [6.45, 7) is 1.36. The van der Waals surface area contributed by atoms with Crippen LogP contribution in [-0.2, 0) is 9.59 Å². The van der Waals surface area contributed by atoms with Crippen LogP contribution < -0.4 is 17.2 Å². The molecule has 1 amide bonds. The molecule has 9 N–H and O–H groups in total. The van der Waals surface area contributed by atoms with Crippen LogP contribution in [0.1, 0.15) is 38.5 Å². The molecule has 0 aromatic rings. The number of unbranched alkanes of at least 4 members (excludes halogenated alkanes) is 1. The molecular weight excluding hydrogens is 327 g/mol. The monoisotopic (exact) mass is 360 g/mol. The zero-order valence-electron chi connectivity index (χ0n) is 14.8. The van der Waals surface area contributed by atoms with Gasteiger partial charge in [-0.3, -0.25) is 9.59 Å². The summed E-state index contributed by atoms with van der Waals surface area (Å²) in [5.74, 6) is -1.48. The Morgan fingerprint density at radius 3 is 2.24 bits per heavy atom. The molecule has 2 atom stereocenters. The SMILES string of the molecule is NCCCC[C@H](N)C(=O)N(CCN)CC(CCCB(O)O)CC(=O)O. The van der Waals surface area contributed by atoms with Crippen molar-refractivity contribution in [2.24, 2.45) is 23.1 Å². The zero-order chi connectivity index (χ0) is 19.2. The standard InChI is InChI=1S/C15H33BN4O5/c17-7-2-1-5-13(19)15(23)20(9-8-18)11-12(10-14(21)22)4-3-6-16(24)25/h12-13,24-25H,1-11,17-19H2,(H,21,22)/t12?,13-/m0/s1. The van der Waals surface area contributed by atoms with Crippen molar-refractivity contribution in [3.05, 3.63) is 0 Å². The van der Waals surface area contributed by atoms with Crippen molar-refractivity contribution in [1.29, 1.82) is 0 Å². The van der Waals surface area contributed by atoms with Crippen molar-refractivity contribution in [2.75, 3.05) is 26.2 Å². The lowest BCUT2D eigenvalue weighted by molar-refractivity contribution is -0.140. The number of carbonyl (C=O) groups excluding carboxylic acids is 1. The van der Waals surface area contributed by atoms with Gasteiger partial charge in [0, 0.05) is 26.1 Å². The van der Waals surface area contributed by atoms with Crippen LogP contribution in [0.3, 0.4) is 0 Å². The van der Waals surface area contributed by atoms with Crippen LogP contribution in [0, 0.1) is 5.92 Å². The Hall–Kier alpha value is -1.20. The molecule has 0 heterocycles. The molecule has 0 aliphatic heterocycles. The van der Waals surface area contributed by atoms with Crippen molar-refractivity contribution >= 4 is 19.0 Å². The molecule has 10 heteroatoms. The highest BCUT2D eigenvalue weighted by atomic mass is 16.4. The Kier molecular flexibility index (Phi) is 13.4. The Labute approximate surface area is 149 Å². The van der Waals surface area contributed by atoms with E-state index in [0.717, 1.165) is 12.8 Å². The quantitative estimate of drug-likeness (QED) is 0.152. The van der Waals surface area contributed by atoms with E-state index < -0.39 is 19.1 Å². The number of hydrogen-bond donors (Lipinski definition) is 6. The van der Waals surface area contributed by atoms with E-state index in [0.29, 0.717) is 32.4 Å². The van der Waals surface area contributed by atoms with Gasteiger partial charge in [0.1, 0.15) is 0 Å². The lowest BCUT2D eigenvalue weighted by Crippen LogP contribution is -2.47. The number of carboxylic acids is 1. The maximum atomic E-state index is 12.5. The Balaban J connectivity index is 4.75. The largest absolute Gasteiger partial charge is 0.481 e. The molecule has 1 unspecified atom stereocenters. The highest BCUT2D eigenvalue weighted by molar-refractivity contribution is 6.40. The topological polar surface area (TPSA) is 176 Å². The van der Waals surface area contributed by atoms with Gasteiger partial charge >= 0.3 is 13.1 Å². The summed E-state index contributed by atoms with van der Waals surface area (Å²) in [5, 5.41) is 26.9. The van der Waals surface area contributed by atoms with Crippen molar-refractivity contribution in [3.8, 4) is 0 Å². The summed E-state index contributed by atoms with van der Waals surface area (Å²) in [5.41, 5.74) is 17.0. The van der Waals surface area contributed by atoms with Crippen LogP contribution in [0.2, 0.25) is 6.32 Å². The molecule has 0 aromatic carbocycles. The van der Waals surface area contributed by atoms with Gasteiger partial charge in [-0.25, -0.2) is 0 Å². The van der Waals surface area contributed by atoms with Crippen molar-refractivity contribution in [1.82, 2.24) is 4.90 Å². The van der Waals surface area contributed by atoms with Crippen LogP contribution in [0.25, 0.3) is 0 Å². The smallest absolute Gasteiger partial charge is 0.451 e. The number of hydrogen-bond acceptors (Lipinski definition) is 7. The van der Waals surface area contributed by atoms with Crippen LogP contribution >= 0.6 is 0 Å². The first kappa shape index (κ1) is 23.8. The molecule has 0 fully saturated rings. The Morgan fingerprint density at radius 2 is 1.72 bits per heavy atom. The fourth-order valence-electron chi connectivity index (χ4n) is 2.72. The number of nitrogens with zero attached hydrogens (tertiary/aromatic N) is 1. The predicted molar refractivity (Wildman–Crippen MR) is 96.5 cm³/mol. The summed E-state index contributed by atoms with van der Waals surface area (Å²) in [6, 6.07) is -0.650. The minimum Gasteiger partial charge on any atom is -0.481 e. The highest BCUT2D eigenvalue weighted by Crippen LogP contribution is 2.16. The second-order valence-electron chi connectivity index (χ2n) is 6.34. The number of carboxylic acid groups (broad SMARTS) is 1. The molecule has 25 heavy (non-hydrogen) atoms. The van der Waals surface area contributed by atoms with Gasteiger partial charge in [-0.2, -0.15) is 0 Å². The van der Waals surface area contributed by atoms with E-state index >= 15 is 0 Å². The average molecular weight is 360 g/mol. The lowest BCUT2D eigenvalue weighted by Gasteiger charge is -2.29. The molecule has 0 aliphatic carbocycles. The molecule has 0 bridgehead atoms. The zero-order valence-corrected chi connectivity index (χ0v) is 14.8. The predicted octanol–water partition coefficient (Wildman–Crippen LogP) is -1.43. The van der Waals surface area contributed by atoms with E-state index in [-0.39, 0.29) is 37.7 Å². The van der Waals surface area contributed by atoms with E-state index in [1.807, 2.05) is 0 Å². The highest BCUT2D eigenvalue weighted by Gasteiger charge is 2.24. The van der Waals surface area contributed by atoms with Gasteiger partial charge < -0.3 is 37.3 Å². The molecule has 9 nitrogen and oxygen atoms in total. The third-order valence-electron chi connectivity index (χ3n) is 4.01. The number of aliphatic carboxylic acids is 1. The van der Waals surface area contributed by atoms with Crippen LogP contribution in [0.15, 0.2) is 0 Å². The molecule has 0 aromatic heterocycles. The maximum Gasteiger partial charge on any atom is 0.451 e. The first-order valence-electron chi connectivity index (χ1n) is 8.84. The van der Waals surface area contributed by atoms with Crippen molar-refractivity contribution in [2.45, 2.75) is 50.9 Å². The molecule has 0 radical (unpaired) electrons. The Bertz CT molecular complexity index is 387. The van der Waals surface area contributed by atoms with E-state index in [2.05, 4.69) is 0 Å². The summed E-state index contributed by atoms with van der Waals surface area (Å²) in [6.07, 6.45) is 3.08. The first-order chi connectivity index (χ1) is 11.8. The molecule has 146 valence electrons. The van der Waals surface area contributed by atoms with Crippen LogP contribution in [-0.4, -0.2) is 71.3 Å². The second-order valence-corrected chi connectivity index (χ2v) is 6.34. The Morgan fingerprint density at radius 1 is 1.04 bits per heavy atom. The number of carbonyl (C=O) groups is 2. The number of amides is 1. The normalized spacial score (nSPS) is 13.3. The molecule has 0 aliphatic rings.